The fourth-order valence-electron chi connectivity index (χ4n) is 2.15. The van der Waals surface area contributed by atoms with Crippen LogP contribution in [0.5, 0.6) is 0 Å². The number of rotatable bonds is 2. The molecule has 0 spiro atoms. The third-order valence-electron chi connectivity index (χ3n) is 2.99. The molecule has 0 saturated carbocycles. The number of H-pyrrole nitrogens is 1. The molecule has 0 saturated heterocycles. The standard InChI is InChI=1S/C12H13N5O/c1-17-6-8-2-3-10(4-9(8)7-17)14-12(18)11-5-13-16-15-11/h2-5H,6-7H2,1H3,(H,14,18)(H,13,15,16). The van der Waals surface area contributed by atoms with Gasteiger partial charge in [-0.15, -0.1) is 0 Å². The van der Waals surface area contributed by atoms with Crippen molar-refractivity contribution in [2.24, 2.45) is 0 Å². The van der Waals surface area contributed by atoms with E-state index >= 15 is 0 Å². The molecule has 0 atom stereocenters. The quantitative estimate of drug-likeness (QED) is 0.825. The first-order valence-corrected chi connectivity index (χ1v) is 5.70. The Morgan fingerprint density at radius 1 is 1.39 bits per heavy atom. The van der Waals surface area contributed by atoms with E-state index in [1.165, 1.54) is 17.3 Å². The number of nitrogens with zero attached hydrogens (tertiary/aromatic N) is 3. The Morgan fingerprint density at radius 3 is 3.00 bits per heavy atom. The summed E-state index contributed by atoms with van der Waals surface area (Å²) in [5.41, 5.74) is 3.65. The summed E-state index contributed by atoms with van der Waals surface area (Å²) in [7, 11) is 2.08. The number of fused-ring (bicyclic) bond motifs is 1. The molecule has 1 aromatic heterocycles. The van der Waals surface area contributed by atoms with Gasteiger partial charge in [-0.2, -0.15) is 15.4 Å². The Morgan fingerprint density at radius 2 is 2.22 bits per heavy atom. The third-order valence-corrected chi connectivity index (χ3v) is 2.99. The van der Waals surface area contributed by atoms with Crippen LogP contribution in [0.15, 0.2) is 24.4 Å². The van der Waals surface area contributed by atoms with Crippen LogP contribution in [0.2, 0.25) is 0 Å². The molecule has 0 bridgehead atoms. The van der Waals surface area contributed by atoms with Gasteiger partial charge in [-0.25, -0.2) is 0 Å². The van der Waals surface area contributed by atoms with Gasteiger partial charge in [-0.3, -0.25) is 9.69 Å². The summed E-state index contributed by atoms with van der Waals surface area (Å²) in [6.07, 6.45) is 1.40. The Balaban J connectivity index is 1.78. The van der Waals surface area contributed by atoms with Gasteiger partial charge in [-0.05, 0) is 30.3 Å². The maximum atomic E-state index is 11.8. The number of nitrogens with one attached hydrogen (secondary N) is 2. The van der Waals surface area contributed by atoms with Crippen molar-refractivity contribution in [3.8, 4) is 0 Å². The SMILES string of the molecule is CN1Cc2ccc(NC(=O)c3cn[nH]n3)cc2C1. The predicted molar refractivity (Wildman–Crippen MR) is 65.9 cm³/mol. The van der Waals surface area contributed by atoms with E-state index < -0.39 is 0 Å². The first kappa shape index (κ1) is 10.9. The van der Waals surface area contributed by atoms with Crippen LogP contribution in [0.3, 0.4) is 0 Å². The minimum Gasteiger partial charge on any atom is -0.321 e. The van der Waals surface area contributed by atoms with Gasteiger partial charge in [0.25, 0.3) is 5.91 Å². The summed E-state index contributed by atoms with van der Waals surface area (Å²) >= 11 is 0. The van der Waals surface area contributed by atoms with Gasteiger partial charge in [0.1, 0.15) is 0 Å². The normalized spacial score (nSPS) is 14.5. The molecule has 2 aromatic rings. The monoisotopic (exact) mass is 243 g/mol. The minimum absolute atomic E-state index is 0.255. The predicted octanol–water partition coefficient (Wildman–Crippen LogP) is 1.00. The molecule has 0 fully saturated rings. The smallest absolute Gasteiger partial charge is 0.277 e. The molecule has 1 amide bonds. The van der Waals surface area contributed by atoms with Crippen LogP contribution in [-0.2, 0) is 13.1 Å². The summed E-state index contributed by atoms with van der Waals surface area (Å²) in [6, 6.07) is 5.98. The Bertz CT molecular complexity index is 578. The number of carbonyl (C=O) groups is 1. The molecule has 0 aliphatic carbocycles. The van der Waals surface area contributed by atoms with Crippen LogP contribution < -0.4 is 5.32 Å². The number of benzene rings is 1. The lowest BCUT2D eigenvalue weighted by Gasteiger charge is -2.05. The molecule has 1 aliphatic heterocycles. The molecule has 1 aliphatic rings. The van der Waals surface area contributed by atoms with Crippen LogP contribution in [0.25, 0.3) is 0 Å². The van der Waals surface area contributed by atoms with Crippen LogP contribution in [0.1, 0.15) is 21.6 Å². The van der Waals surface area contributed by atoms with Crippen molar-refractivity contribution in [2.45, 2.75) is 13.1 Å². The first-order valence-electron chi connectivity index (χ1n) is 5.70. The Labute approximate surface area is 104 Å². The summed E-state index contributed by atoms with van der Waals surface area (Å²) in [5, 5.41) is 12.6. The number of carbonyl (C=O) groups excluding carboxylic acids is 1. The van der Waals surface area contributed by atoms with Crippen LogP contribution in [0, 0.1) is 0 Å². The zero-order valence-corrected chi connectivity index (χ0v) is 9.97. The zero-order chi connectivity index (χ0) is 12.5. The van der Waals surface area contributed by atoms with Crippen LogP contribution >= 0.6 is 0 Å². The highest BCUT2D eigenvalue weighted by atomic mass is 16.2. The summed E-state index contributed by atoms with van der Waals surface area (Å²) in [6.45, 7) is 1.88. The molecule has 1 aromatic carbocycles. The highest BCUT2D eigenvalue weighted by molar-refractivity contribution is 6.02. The van der Waals surface area contributed by atoms with E-state index in [0.29, 0.717) is 0 Å². The summed E-state index contributed by atoms with van der Waals surface area (Å²) in [4.78, 5) is 14.0. The van der Waals surface area contributed by atoms with Crippen molar-refractivity contribution in [3.05, 3.63) is 41.2 Å². The minimum atomic E-state index is -0.255. The maximum Gasteiger partial charge on any atom is 0.277 e. The highest BCUT2D eigenvalue weighted by Crippen LogP contribution is 2.24. The van der Waals surface area contributed by atoms with Gasteiger partial charge >= 0.3 is 0 Å². The van der Waals surface area contributed by atoms with Crippen LogP contribution in [-0.4, -0.2) is 33.3 Å². The fraction of sp³-hybridized carbons (Fsp3) is 0.250. The molecule has 92 valence electrons. The lowest BCUT2D eigenvalue weighted by molar-refractivity contribution is 0.102. The summed E-state index contributed by atoms with van der Waals surface area (Å²) in [5.74, 6) is -0.255. The van der Waals surface area contributed by atoms with E-state index in [1.54, 1.807) is 0 Å². The molecule has 0 unspecified atom stereocenters. The molecule has 6 nitrogen and oxygen atoms in total. The lowest BCUT2D eigenvalue weighted by atomic mass is 10.1. The average molecular weight is 243 g/mol. The average Bonchev–Trinajstić information content (AvgIpc) is 2.95. The van der Waals surface area contributed by atoms with E-state index in [-0.39, 0.29) is 11.6 Å². The van der Waals surface area contributed by atoms with Crippen molar-refractivity contribution in [3.63, 3.8) is 0 Å². The Kier molecular flexibility index (Phi) is 2.56. The van der Waals surface area contributed by atoms with Crippen molar-refractivity contribution in [2.75, 3.05) is 12.4 Å². The van der Waals surface area contributed by atoms with E-state index in [1.807, 2.05) is 12.1 Å². The van der Waals surface area contributed by atoms with Gasteiger partial charge in [0, 0.05) is 18.8 Å². The van der Waals surface area contributed by atoms with Crippen molar-refractivity contribution < 1.29 is 4.79 Å². The van der Waals surface area contributed by atoms with Crippen LogP contribution in [0.4, 0.5) is 5.69 Å². The van der Waals surface area contributed by atoms with Crippen molar-refractivity contribution >= 4 is 11.6 Å². The van der Waals surface area contributed by atoms with E-state index in [2.05, 4.69) is 38.7 Å². The lowest BCUT2D eigenvalue weighted by Crippen LogP contribution is -2.12. The molecule has 6 heteroatoms. The number of amides is 1. The van der Waals surface area contributed by atoms with Gasteiger partial charge in [-0.1, -0.05) is 6.07 Å². The second kappa shape index (κ2) is 4.23. The number of hydrogen-bond donors (Lipinski definition) is 2. The molecule has 0 radical (unpaired) electrons. The van der Waals surface area contributed by atoms with Crippen molar-refractivity contribution in [1.82, 2.24) is 20.3 Å². The largest absolute Gasteiger partial charge is 0.321 e. The third kappa shape index (κ3) is 1.98. The molecule has 2 heterocycles. The number of aromatic nitrogens is 3. The van der Waals surface area contributed by atoms with Gasteiger partial charge in [0.2, 0.25) is 0 Å². The fourth-order valence-corrected chi connectivity index (χ4v) is 2.15. The van der Waals surface area contributed by atoms with Gasteiger partial charge < -0.3 is 5.32 Å². The molecule has 3 rings (SSSR count). The summed E-state index contributed by atoms with van der Waals surface area (Å²) < 4.78 is 0. The highest BCUT2D eigenvalue weighted by Gasteiger charge is 2.16. The topological polar surface area (TPSA) is 73.9 Å². The molecule has 18 heavy (non-hydrogen) atoms. The van der Waals surface area contributed by atoms with Gasteiger partial charge in [0.05, 0.1) is 6.20 Å². The van der Waals surface area contributed by atoms with E-state index in [9.17, 15) is 4.79 Å². The Hall–Kier alpha value is -2.21. The second-order valence-corrected chi connectivity index (χ2v) is 4.47. The van der Waals surface area contributed by atoms with Crippen molar-refractivity contribution in [1.29, 1.82) is 0 Å². The molecular weight excluding hydrogens is 230 g/mol. The second-order valence-electron chi connectivity index (χ2n) is 4.47. The zero-order valence-electron chi connectivity index (χ0n) is 9.97. The van der Waals surface area contributed by atoms with Gasteiger partial charge in [0.15, 0.2) is 5.69 Å². The number of anilines is 1. The molecule has 2 N–H and O–H groups in total. The first-order chi connectivity index (χ1) is 8.72. The molecular formula is C12H13N5O. The van der Waals surface area contributed by atoms with E-state index in [0.717, 1.165) is 18.8 Å². The number of hydrogen-bond acceptors (Lipinski definition) is 4. The number of aromatic amines is 1. The maximum absolute atomic E-state index is 11.8. The van der Waals surface area contributed by atoms with E-state index in [4.69, 9.17) is 0 Å².